The van der Waals surface area contributed by atoms with Crippen molar-refractivity contribution < 1.29 is 19.8 Å². The van der Waals surface area contributed by atoms with E-state index < -0.39 is 18.6 Å². The molecule has 1 fully saturated rings. The number of piperidine rings is 1. The molecule has 0 bridgehead atoms. The fourth-order valence-electron chi connectivity index (χ4n) is 1.80. The van der Waals surface area contributed by atoms with Crippen LogP contribution in [0.3, 0.4) is 0 Å². The van der Waals surface area contributed by atoms with Crippen LogP contribution in [-0.2, 0) is 9.59 Å². The Kier molecular flexibility index (Phi) is 5.21. The standard InChI is InChI=1S/C10H18N2O4/c13-6-8(10(15)16)12-9(14)4-7-2-1-3-11-5-7/h7-8,11,13H,1-6H2,(H,12,14)(H,15,16)/t7?,8-/m0/s1. The molecule has 1 unspecified atom stereocenters. The van der Waals surface area contributed by atoms with Crippen molar-refractivity contribution >= 4 is 11.9 Å². The Morgan fingerprint density at radius 1 is 1.50 bits per heavy atom. The van der Waals surface area contributed by atoms with Crippen molar-refractivity contribution in [1.29, 1.82) is 0 Å². The number of aliphatic hydroxyl groups is 1. The molecule has 1 rings (SSSR count). The van der Waals surface area contributed by atoms with Gasteiger partial charge in [-0.2, -0.15) is 0 Å². The number of carbonyl (C=O) groups is 2. The molecule has 0 aromatic heterocycles. The Morgan fingerprint density at radius 2 is 2.25 bits per heavy atom. The summed E-state index contributed by atoms with van der Waals surface area (Å²) >= 11 is 0. The van der Waals surface area contributed by atoms with E-state index >= 15 is 0 Å². The van der Waals surface area contributed by atoms with Gasteiger partial charge in [0.2, 0.25) is 5.91 Å². The number of carboxylic acids is 1. The third-order valence-corrected chi connectivity index (χ3v) is 2.69. The lowest BCUT2D eigenvalue weighted by Crippen LogP contribution is -2.44. The molecular weight excluding hydrogens is 212 g/mol. The minimum Gasteiger partial charge on any atom is -0.480 e. The number of aliphatic carboxylic acids is 1. The molecule has 0 aromatic carbocycles. The molecule has 4 N–H and O–H groups in total. The van der Waals surface area contributed by atoms with Crippen molar-refractivity contribution in [1.82, 2.24) is 10.6 Å². The van der Waals surface area contributed by atoms with Gasteiger partial charge in [0, 0.05) is 6.42 Å². The van der Waals surface area contributed by atoms with Crippen molar-refractivity contribution in [3.63, 3.8) is 0 Å². The summed E-state index contributed by atoms with van der Waals surface area (Å²) in [6.45, 7) is 1.20. The van der Waals surface area contributed by atoms with E-state index in [0.29, 0.717) is 6.42 Å². The molecule has 92 valence electrons. The van der Waals surface area contributed by atoms with E-state index in [4.69, 9.17) is 10.2 Å². The first-order chi connectivity index (χ1) is 7.63. The largest absolute Gasteiger partial charge is 0.480 e. The summed E-state index contributed by atoms with van der Waals surface area (Å²) in [4.78, 5) is 22.0. The Labute approximate surface area is 94.0 Å². The molecule has 1 saturated heterocycles. The molecule has 0 radical (unpaired) electrons. The predicted molar refractivity (Wildman–Crippen MR) is 56.9 cm³/mol. The predicted octanol–water partition coefficient (Wildman–Crippen LogP) is -1.06. The van der Waals surface area contributed by atoms with E-state index in [1.54, 1.807) is 0 Å². The van der Waals surface area contributed by atoms with Gasteiger partial charge in [0.15, 0.2) is 0 Å². The van der Waals surface area contributed by atoms with E-state index in [1.165, 1.54) is 0 Å². The fourth-order valence-corrected chi connectivity index (χ4v) is 1.80. The average Bonchev–Trinajstić information content (AvgIpc) is 2.27. The molecule has 1 heterocycles. The van der Waals surface area contributed by atoms with Crippen LogP contribution in [0.2, 0.25) is 0 Å². The highest BCUT2D eigenvalue weighted by molar-refractivity contribution is 5.83. The maximum Gasteiger partial charge on any atom is 0.328 e. The topological polar surface area (TPSA) is 98.7 Å². The summed E-state index contributed by atoms with van der Waals surface area (Å²) in [5, 5.41) is 22.9. The zero-order chi connectivity index (χ0) is 12.0. The van der Waals surface area contributed by atoms with Gasteiger partial charge in [-0.05, 0) is 31.8 Å². The lowest BCUT2D eigenvalue weighted by molar-refractivity contribution is -0.143. The van der Waals surface area contributed by atoms with E-state index in [-0.39, 0.29) is 11.8 Å². The minimum atomic E-state index is -1.21. The average molecular weight is 230 g/mol. The van der Waals surface area contributed by atoms with Crippen LogP contribution in [0.5, 0.6) is 0 Å². The van der Waals surface area contributed by atoms with Gasteiger partial charge >= 0.3 is 5.97 Å². The summed E-state index contributed by atoms with van der Waals surface area (Å²) in [6, 6.07) is -1.19. The molecule has 6 nitrogen and oxygen atoms in total. The summed E-state index contributed by atoms with van der Waals surface area (Å²) < 4.78 is 0. The maximum atomic E-state index is 11.5. The highest BCUT2D eigenvalue weighted by Crippen LogP contribution is 2.13. The van der Waals surface area contributed by atoms with Gasteiger partial charge < -0.3 is 20.8 Å². The van der Waals surface area contributed by atoms with Crippen molar-refractivity contribution in [3.8, 4) is 0 Å². The number of carbonyl (C=O) groups excluding carboxylic acids is 1. The van der Waals surface area contributed by atoms with Gasteiger partial charge in [-0.1, -0.05) is 0 Å². The smallest absolute Gasteiger partial charge is 0.328 e. The van der Waals surface area contributed by atoms with Crippen molar-refractivity contribution in [2.45, 2.75) is 25.3 Å². The van der Waals surface area contributed by atoms with Gasteiger partial charge in [-0.3, -0.25) is 4.79 Å². The molecule has 0 aromatic rings. The van der Waals surface area contributed by atoms with Crippen molar-refractivity contribution in [2.75, 3.05) is 19.7 Å². The van der Waals surface area contributed by atoms with Gasteiger partial charge in [0.1, 0.15) is 6.04 Å². The Bertz CT molecular complexity index is 251. The lowest BCUT2D eigenvalue weighted by Gasteiger charge is -2.22. The zero-order valence-corrected chi connectivity index (χ0v) is 9.11. The number of nitrogens with one attached hydrogen (secondary N) is 2. The highest BCUT2D eigenvalue weighted by Gasteiger charge is 2.21. The van der Waals surface area contributed by atoms with E-state index in [2.05, 4.69) is 10.6 Å². The number of rotatable bonds is 5. The van der Waals surface area contributed by atoms with Crippen LogP contribution in [0.1, 0.15) is 19.3 Å². The Hall–Kier alpha value is -1.14. The molecule has 1 aliphatic rings. The summed E-state index contributed by atoms with van der Waals surface area (Å²) in [5.41, 5.74) is 0. The summed E-state index contributed by atoms with van der Waals surface area (Å²) in [6.07, 6.45) is 2.34. The maximum absolute atomic E-state index is 11.5. The number of carboxylic acid groups (broad SMARTS) is 1. The Balaban J connectivity index is 2.31. The van der Waals surface area contributed by atoms with Crippen molar-refractivity contribution in [3.05, 3.63) is 0 Å². The van der Waals surface area contributed by atoms with Gasteiger partial charge in [0.25, 0.3) is 0 Å². The third-order valence-electron chi connectivity index (χ3n) is 2.69. The Morgan fingerprint density at radius 3 is 2.75 bits per heavy atom. The normalized spacial score (nSPS) is 22.4. The van der Waals surface area contributed by atoms with Crippen LogP contribution in [0.15, 0.2) is 0 Å². The second-order valence-corrected chi connectivity index (χ2v) is 4.06. The first-order valence-corrected chi connectivity index (χ1v) is 5.47. The second kappa shape index (κ2) is 6.44. The van der Waals surface area contributed by atoms with Crippen LogP contribution in [-0.4, -0.2) is 47.8 Å². The molecule has 1 amide bonds. The molecule has 0 saturated carbocycles. The van der Waals surface area contributed by atoms with Crippen LogP contribution in [0.25, 0.3) is 0 Å². The van der Waals surface area contributed by atoms with Crippen LogP contribution < -0.4 is 10.6 Å². The first-order valence-electron chi connectivity index (χ1n) is 5.47. The van der Waals surface area contributed by atoms with Crippen LogP contribution in [0, 0.1) is 5.92 Å². The van der Waals surface area contributed by atoms with Gasteiger partial charge in [-0.15, -0.1) is 0 Å². The molecule has 0 spiro atoms. The summed E-state index contributed by atoms with van der Waals surface area (Å²) in [7, 11) is 0. The quantitative estimate of drug-likeness (QED) is 0.482. The van der Waals surface area contributed by atoms with E-state index in [0.717, 1.165) is 25.9 Å². The zero-order valence-electron chi connectivity index (χ0n) is 9.11. The van der Waals surface area contributed by atoms with E-state index in [9.17, 15) is 9.59 Å². The molecule has 1 aliphatic heterocycles. The molecule has 0 aliphatic carbocycles. The minimum absolute atomic E-state index is 0.266. The molecule has 16 heavy (non-hydrogen) atoms. The van der Waals surface area contributed by atoms with Crippen LogP contribution >= 0.6 is 0 Å². The number of amides is 1. The molecule has 6 heteroatoms. The lowest BCUT2D eigenvalue weighted by atomic mass is 9.96. The van der Waals surface area contributed by atoms with Gasteiger partial charge in [0.05, 0.1) is 6.61 Å². The molecule has 2 atom stereocenters. The monoisotopic (exact) mass is 230 g/mol. The number of hydrogen-bond acceptors (Lipinski definition) is 4. The number of aliphatic hydroxyl groups excluding tert-OH is 1. The van der Waals surface area contributed by atoms with Crippen molar-refractivity contribution in [2.24, 2.45) is 5.92 Å². The third kappa shape index (κ3) is 4.16. The number of hydrogen-bond donors (Lipinski definition) is 4. The molecular formula is C10H18N2O4. The SMILES string of the molecule is O=C(CC1CCCNC1)N[C@@H](CO)C(=O)O. The highest BCUT2D eigenvalue weighted by atomic mass is 16.4. The first kappa shape index (κ1) is 12.9. The van der Waals surface area contributed by atoms with E-state index in [1.807, 2.05) is 0 Å². The van der Waals surface area contributed by atoms with Gasteiger partial charge in [-0.25, -0.2) is 4.79 Å². The summed E-state index contributed by atoms with van der Waals surface area (Å²) in [5.74, 6) is -1.25. The van der Waals surface area contributed by atoms with Crippen LogP contribution in [0.4, 0.5) is 0 Å². The second-order valence-electron chi connectivity index (χ2n) is 4.06. The fraction of sp³-hybridized carbons (Fsp3) is 0.800.